The lowest BCUT2D eigenvalue weighted by atomic mass is 9.54. The van der Waals surface area contributed by atoms with Crippen molar-refractivity contribution in [3.8, 4) is 0 Å². The number of fused-ring (bicyclic) bond motifs is 4. The minimum Gasteiger partial charge on any atom is -0.501 e. The van der Waals surface area contributed by atoms with Crippen molar-refractivity contribution < 1.29 is 14.0 Å². The van der Waals surface area contributed by atoms with Crippen LogP contribution < -0.4 is 0 Å². The highest BCUT2D eigenvalue weighted by atomic mass is 16.5. The monoisotopic (exact) mass is 291 g/mol. The number of hydrogen-bond acceptors (Lipinski definition) is 2. The fraction of sp³-hybridized carbons (Fsp3) is 0.789. The smallest absolute Gasteiger partial charge is 0.0959 e. The zero-order valence-corrected chi connectivity index (χ0v) is 13.1. The SMILES string of the molecule is [2H]C1([2H])C[C@H]2[C@@H]3CCC4=C(CC=C(OC)C4)[C@H]3CC[C@]2(C)[C@@]1([2H])O. The molecule has 0 heterocycles. The minimum absolute atomic E-state index is 0.107. The van der Waals surface area contributed by atoms with Gasteiger partial charge in [0.2, 0.25) is 0 Å². The Bertz CT molecular complexity index is 622. The average molecular weight is 291 g/mol. The Morgan fingerprint density at radius 3 is 3.10 bits per heavy atom. The van der Waals surface area contributed by atoms with Gasteiger partial charge in [-0.1, -0.05) is 18.1 Å². The summed E-state index contributed by atoms with van der Waals surface area (Å²) in [5.74, 6) is 2.10. The van der Waals surface area contributed by atoms with Crippen molar-refractivity contribution in [2.75, 3.05) is 7.11 Å². The van der Waals surface area contributed by atoms with Gasteiger partial charge in [-0.2, -0.15) is 0 Å². The Kier molecular flexibility index (Phi) is 2.53. The summed E-state index contributed by atoms with van der Waals surface area (Å²) in [6, 6.07) is 0. The van der Waals surface area contributed by atoms with E-state index in [0.717, 1.165) is 44.3 Å². The van der Waals surface area contributed by atoms with Crippen LogP contribution in [0.2, 0.25) is 0 Å². The summed E-state index contributed by atoms with van der Waals surface area (Å²) in [6.45, 7) is 1.96. The van der Waals surface area contributed by atoms with Crippen LogP contribution in [0.4, 0.5) is 0 Å². The van der Waals surface area contributed by atoms with E-state index in [2.05, 4.69) is 6.08 Å². The third kappa shape index (κ3) is 1.94. The van der Waals surface area contributed by atoms with Gasteiger partial charge in [0.15, 0.2) is 0 Å². The van der Waals surface area contributed by atoms with Gasteiger partial charge in [0.05, 0.1) is 20.3 Å². The number of rotatable bonds is 1. The van der Waals surface area contributed by atoms with E-state index in [9.17, 15) is 5.11 Å². The van der Waals surface area contributed by atoms with E-state index >= 15 is 0 Å². The molecule has 0 aromatic carbocycles. The van der Waals surface area contributed by atoms with Crippen LogP contribution in [0, 0.1) is 23.2 Å². The molecule has 0 bridgehead atoms. The van der Waals surface area contributed by atoms with Crippen molar-refractivity contribution in [3.63, 3.8) is 0 Å². The summed E-state index contributed by atoms with van der Waals surface area (Å²) < 4.78 is 30.3. The number of allylic oxidation sites excluding steroid dienone is 3. The van der Waals surface area contributed by atoms with Gasteiger partial charge in [0.1, 0.15) is 0 Å². The molecule has 0 saturated heterocycles. The molecule has 116 valence electrons. The number of methoxy groups -OCH3 is 1. The van der Waals surface area contributed by atoms with Gasteiger partial charge in [-0.3, -0.25) is 0 Å². The second-order valence-electron chi connectivity index (χ2n) is 7.49. The molecule has 0 aromatic rings. The lowest BCUT2D eigenvalue weighted by Gasteiger charge is -2.51. The minimum atomic E-state index is -1.97. The molecule has 0 aliphatic heterocycles. The molecule has 2 fully saturated rings. The molecule has 2 heteroatoms. The number of hydrogen-bond donors (Lipinski definition) is 1. The molecule has 4 aliphatic rings. The predicted molar refractivity (Wildman–Crippen MR) is 83.6 cm³/mol. The molecule has 0 spiro atoms. The Morgan fingerprint density at radius 2 is 2.29 bits per heavy atom. The summed E-state index contributed by atoms with van der Waals surface area (Å²) in [5, 5.41) is 10.7. The van der Waals surface area contributed by atoms with Gasteiger partial charge < -0.3 is 9.84 Å². The molecule has 0 amide bonds. The summed E-state index contributed by atoms with van der Waals surface area (Å²) in [4.78, 5) is 0. The van der Waals surface area contributed by atoms with Crippen molar-refractivity contribution in [1.82, 2.24) is 0 Å². The molecule has 5 atom stereocenters. The molecule has 4 rings (SSSR count). The van der Waals surface area contributed by atoms with Gasteiger partial charge in [-0.05, 0) is 74.1 Å². The van der Waals surface area contributed by atoms with E-state index in [1.165, 1.54) is 5.57 Å². The quantitative estimate of drug-likeness (QED) is 0.734. The largest absolute Gasteiger partial charge is 0.501 e. The molecular formula is C19H28O2. The van der Waals surface area contributed by atoms with Gasteiger partial charge in [-0.15, -0.1) is 0 Å². The average Bonchev–Trinajstić information content (AvgIpc) is 2.70. The van der Waals surface area contributed by atoms with Crippen LogP contribution >= 0.6 is 0 Å². The lowest BCUT2D eigenvalue weighted by Crippen LogP contribution is -2.45. The third-order valence-electron chi connectivity index (χ3n) is 6.74. The molecule has 4 aliphatic carbocycles. The highest BCUT2D eigenvalue weighted by molar-refractivity contribution is 5.32. The zero-order chi connectivity index (χ0) is 17.3. The molecule has 0 aromatic heterocycles. The third-order valence-corrected chi connectivity index (χ3v) is 6.74. The van der Waals surface area contributed by atoms with Crippen LogP contribution in [0.5, 0.6) is 0 Å². The highest BCUT2D eigenvalue weighted by Gasteiger charge is 2.54. The van der Waals surface area contributed by atoms with Crippen LogP contribution in [-0.2, 0) is 4.74 Å². The second-order valence-corrected chi connectivity index (χ2v) is 7.49. The van der Waals surface area contributed by atoms with E-state index in [0.29, 0.717) is 18.3 Å². The van der Waals surface area contributed by atoms with Gasteiger partial charge in [0.25, 0.3) is 0 Å². The van der Waals surface area contributed by atoms with E-state index in [1.54, 1.807) is 12.7 Å². The number of ether oxygens (including phenoxy) is 1. The standard InChI is InChI=1S/C19H28O2/c1-19-10-9-15-14-6-4-13(21-2)11-12(14)3-5-16(15)17(19)7-8-18(19)20/h4,15-18,20H,3,5-11H2,1-2H3/t15-,16-,17+,18+,19+/m1/s1/i8D2,18D. The Labute approximate surface area is 132 Å². The van der Waals surface area contributed by atoms with Crippen LogP contribution in [0.1, 0.15) is 62.4 Å². The van der Waals surface area contributed by atoms with Crippen molar-refractivity contribution >= 4 is 0 Å². The molecule has 2 nitrogen and oxygen atoms in total. The summed E-state index contributed by atoms with van der Waals surface area (Å²) in [7, 11) is 1.74. The van der Waals surface area contributed by atoms with Crippen LogP contribution in [0.15, 0.2) is 23.0 Å². The maximum Gasteiger partial charge on any atom is 0.0959 e. The molecule has 0 radical (unpaired) electrons. The van der Waals surface area contributed by atoms with Gasteiger partial charge in [0, 0.05) is 9.16 Å². The van der Waals surface area contributed by atoms with Crippen molar-refractivity contribution in [3.05, 3.63) is 23.0 Å². The van der Waals surface area contributed by atoms with Crippen LogP contribution in [-0.4, -0.2) is 18.3 Å². The molecule has 0 unspecified atom stereocenters. The van der Waals surface area contributed by atoms with Crippen LogP contribution in [0.25, 0.3) is 0 Å². The van der Waals surface area contributed by atoms with E-state index in [-0.39, 0.29) is 5.92 Å². The van der Waals surface area contributed by atoms with Gasteiger partial charge >= 0.3 is 0 Å². The van der Waals surface area contributed by atoms with Crippen LogP contribution in [0.3, 0.4) is 0 Å². The molecular weight excluding hydrogens is 260 g/mol. The summed E-state index contributed by atoms with van der Waals surface area (Å²) >= 11 is 0. The molecule has 21 heavy (non-hydrogen) atoms. The fourth-order valence-electron chi connectivity index (χ4n) is 5.44. The Hall–Kier alpha value is -0.760. The first-order valence-electron chi connectivity index (χ1n) is 9.87. The van der Waals surface area contributed by atoms with Crippen molar-refractivity contribution in [2.45, 2.75) is 64.3 Å². The maximum absolute atomic E-state index is 10.7. The van der Waals surface area contributed by atoms with E-state index in [4.69, 9.17) is 8.85 Å². The Morgan fingerprint density at radius 1 is 1.43 bits per heavy atom. The fourth-order valence-corrected chi connectivity index (χ4v) is 5.44. The van der Waals surface area contributed by atoms with Crippen molar-refractivity contribution in [1.29, 1.82) is 0 Å². The second kappa shape index (κ2) is 4.87. The normalized spacial score (nSPS) is 53.6. The first kappa shape index (κ1) is 10.9. The van der Waals surface area contributed by atoms with Crippen molar-refractivity contribution in [2.24, 2.45) is 23.2 Å². The summed E-state index contributed by atoms with van der Waals surface area (Å²) in [6.07, 6.45) is 4.47. The first-order chi connectivity index (χ1) is 11.2. The predicted octanol–water partition coefficient (Wildman–Crippen LogP) is 4.20. The highest BCUT2D eigenvalue weighted by Crippen LogP contribution is 2.61. The molecule has 1 N–H and O–H groups in total. The zero-order valence-electron chi connectivity index (χ0n) is 16.1. The van der Waals surface area contributed by atoms with E-state index in [1.807, 2.05) is 6.92 Å². The Balaban J connectivity index is 1.66. The topological polar surface area (TPSA) is 29.5 Å². The van der Waals surface area contributed by atoms with E-state index < -0.39 is 17.9 Å². The lowest BCUT2D eigenvalue weighted by molar-refractivity contribution is -0.0312. The summed E-state index contributed by atoms with van der Waals surface area (Å²) in [5.41, 5.74) is 2.45. The maximum atomic E-state index is 10.7. The first-order valence-corrected chi connectivity index (χ1v) is 8.37. The number of aliphatic hydroxyl groups is 1. The molecule has 2 saturated carbocycles. The van der Waals surface area contributed by atoms with Gasteiger partial charge in [-0.25, -0.2) is 0 Å².